The normalized spacial score (nSPS) is 12.0. The highest BCUT2D eigenvalue weighted by atomic mass is 35.5. The van der Waals surface area contributed by atoms with E-state index in [1.165, 1.54) is 6.20 Å². The van der Waals surface area contributed by atoms with Crippen LogP contribution < -0.4 is 29.6 Å². The minimum absolute atomic E-state index is 0.0315. The van der Waals surface area contributed by atoms with Gasteiger partial charge in [-0.15, -0.1) is 0 Å². The number of aliphatic hydroxyl groups is 2. The van der Waals surface area contributed by atoms with Gasteiger partial charge in [-0.05, 0) is 72.0 Å². The fourth-order valence-electron chi connectivity index (χ4n) is 6.62. The van der Waals surface area contributed by atoms with Crippen molar-refractivity contribution in [2.45, 2.75) is 71.8 Å². The number of carboxylic acid groups (broad SMARTS) is 2. The molecule has 1 aromatic heterocycles. The molecule has 4 aromatic carbocycles. The SMILES string of the molecule is COc1cc(COc2cccc(-c3cccc(COc4cc(OCc5cncc(C#N)c5)c(CNCC(O)CC(=O)O)cc4Cl)c3C)c2C)c(Cl)cc1CNCC(O)CC(=O)O. The Balaban J connectivity index is 1.30. The van der Waals surface area contributed by atoms with E-state index < -0.39 is 30.6 Å². The molecule has 6 N–H and O–H groups in total. The molecule has 5 aromatic rings. The molecule has 0 aliphatic rings. The lowest BCUT2D eigenvalue weighted by molar-refractivity contribution is -0.140. The van der Waals surface area contributed by atoms with E-state index in [0.29, 0.717) is 61.8 Å². The maximum atomic E-state index is 11.0. The first-order chi connectivity index (χ1) is 29.8. The van der Waals surface area contributed by atoms with Gasteiger partial charge in [-0.25, -0.2) is 0 Å². The molecule has 14 nitrogen and oxygen atoms in total. The van der Waals surface area contributed by atoms with Crippen molar-refractivity contribution in [3.63, 3.8) is 0 Å². The van der Waals surface area contributed by atoms with E-state index >= 15 is 0 Å². The fourth-order valence-corrected chi connectivity index (χ4v) is 7.10. The van der Waals surface area contributed by atoms with Crippen LogP contribution in [-0.4, -0.2) is 69.8 Å². The molecule has 0 aliphatic heterocycles. The fraction of sp³-hybridized carbons (Fsp3) is 0.304. The number of methoxy groups -OCH3 is 1. The van der Waals surface area contributed by atoms with Crippen LogP contribution in [0.15, 0.2) is 79.1 Å². The Morgan fingerprint density at radius 2 is 1.27 bits per heavy atom. The number of aliphatic carboxylic acids is 2. The van der Waals surface area contributed by atoms with Crippen LogP contribution in [0.25, 0.3) is 11.1 Å². The second-order valence-electron chi connectivity index (χ2n) is 14.5. The van der Waals surface area contributed by atoms with Gasteiger partial charge in [0.2, 0.25) is 0 Å². The van der Waals surface area contributed by atoms with Crippen molar-refractivity contribution < 1.29 is 49.0 Å². The largest absolute Gasteiger partial charge is 0.496 e. The smallest absolute Gasteiger partial charge is 0.306 e. The number of nitriles is 1. The first-order valence-corrected chi connectivity index (χ1v) is 20.3. The first kappa shape index (κ1) is 47.1. The number of aliphatic hydroxyl groups excluding tert-OH is 2. The zero-order chi connectivity index (χ0) is 44.8. The molecule has 0 bridgehead atoms. The maximum Gasteiger partial charge on any atom is 0.306 e. The highest BCUT2D eigenvalue weighted by Crippen LogP contribution is 2.37. The molecule has 2 unspecified atom stereocenters. The van der Waals surface area contributed by atoms with Crippen LogP contribution in [-0.2, 0) is 42.5 Å². The van der Waals surface area contributed by atoms with Crippen LogP contribution in [0.2, 0.25) is 10.0 Å². The van der Waals surface area contributed by atoms with E-state index in [4.69, 9.17) is 52.4 Å². The summed E-state index contributed by atoms with van der Waals surface area (Å²) in [6.07, 6.45) is 0.186. The minimum Gasteiger partial charge on any atom is -0.496 e. The number of pyridine rings is 1. The lowest BCUT2D eigenvalue weighted by Gasteiger charge is -2.19. The van der Waals surface area contributed by atoms with Gasteiger partial charge in [0.15, 0.2) is 0 Å². The predicted molar refractivity (Wildman–Crippen MR) is 233 cm³/mol. The molecular weight excluding hydrogens is 839 g/mol. The summed E-state index contributed by atoms with van der Waals surface area (Å²) in [4.78, 5) is 26.0. The Morgan fingerprint density at radius 3 is 1.92 bits per heavy atom. The number of halogens is 2. The summed E-state index contributed by atoms with van der Waals surface area (Å²) in [5, 5.41) is 54.0. The Morgan fingerprint density at radius 1 is 0.694 bits per heavy atom. The second-order valence-corrected chi connectivity index (χ2v) is 15.3. The molecule has 16 heteroatoms. The average Bonchev–Trinajstić information content (AvgIpc) is 3.23. The number of hydrogen-bond donors (Lipinski definition) is 6. The minimum atomic E-state index is -1.11. The van der Waals surface area contributed by atoms with Gasteiger partial charge in [0.25, 0.3) is 0 Å². The molecule has 62 heavy (non-hydrogen) atoms. The second kappa shape index (κ2) is 22.8. The quantitative estimate of drug-likeness (QED) is 0.0385. The summed E-state index contributed by atoms with van der Waals surface area (Å²) >= 11 is 13.4. The Kier molecular flexibility index (Phi) is 17.3. The number of benzene rings is 4. The number of carboxylic acids is 2. The van der Waals surface area contributed by atoms with Gasteiger partial charge in [0.1, 0.15) is 48.9 Å². The van der Waals surface area contributed by atoms with Crippen molar-refractivity contribution in [2.75, 3.05) is 20.2 Å². The molecule has 326 valence electrons. The van der Waals surface area contributed by atoms with E-state index in [-0.39, 0.29) is 45.9 Å². The van der Waals surface area contributed by atoms with Gasteiger partial charge in [0.05, 0.1) is 42.7 Å². The lowest BCUT2D eigenvalue weighted by atomic mass is 9.93. The molecule has 0 saturated heterocycles. The van der Waals surface area contributed by atoms with Crippen molar-refractivity contribution >= 4 is 35.1 Å². The zero-order valence-electron chi connectivity index (χ0n) is 34.4. The third-order valence-corrected chi connectivity index (χ3v) is 10.5. The van der Waals surface area contributed by atoms with E-state index in [1.54, 1.807) is 43.6 Å². The zero-order valence-corrected chi connectivity index (χ0v) is 35.9. The molecule has 0 saturated carbocycles. The highest BCUT2D eigenvalue weighted by molar-refractivity contribution is 6.32. The van der Waals surface area contributed by atoms with E-state index in [0.717, 1.165) is 33.4 Å². The topological polar surface area (TPSA) is 213 Å². The predicted octanol–water partition coefficient (Wildman–Crippen LogP) is 7.14. The summed E-state index contributed by atoms with van der Waals surface area (Å²) in [6.45, 7) is 5.08. The van der Waals surface area contributed by atoms with Crippen molar-refractivity contribution in [2.24, 2.45) is 0 Å². The molecule has 0 radical (unpaired) electrons. The molecule has 0 spiro atoms. The molecule has 0 aliphatic carbocycles. The molecule has 5 rings (SSSR count). The summed E-state index contributed by atoms with van der Waals surface area (Å²) in [5.74, 6) is -0.155. The van der Waals surface area contributed by atoms with Gasteiger partial charge in [-0.1, -0.05) is 53.5 Å². The molecular formula is C46H48Cl2N4O10. The molecule has 1 heterocycles. The summed E-state index contributed by atoms with van der Waals surface area (Å²) in [7, 11) is 1.54. The molecule has 2 atom stereocenters. The van der Waals surface area contributed by atoms with Crippen LogP contribution in [0.4, 0.5) is 0 Å². The van der Waals surface area contributed by atoms with Crippen molar-refractivity contribution in [3.05, 3.63) is 134 Å². The number of aromatic nitrogens is 1. The van der Waals surface area contributed by atoms with E-state index in [9.17, 15) is 25.1 Å². The third-order valence-electron chi connectivity index (χ3n) is 9.88. The Labute approximate surface area is 369 Å². The highest BCUT2D eigenvalue weighted by Gasteiger charge is 2.18. The maximum absolute atomic E-state index is 11.0. The summed E-state index contributed by atoms with van der Waals surface area (Å²) in [6, 6.07) is 22.5. The number of ether oxygens (including phenoxy) is 4. The number of carbonyl (C=O) groups is 2. The van der Waals surface area contributed by atoms with Crippen molar-refractivity contribution in [1.29, 1.82) is 5.26 Å². The number of rotatable bonds is 23. The van der Waals surface area contributed by atoms with Crippen LogP contribution in [0, 0.1) is 25.2 Å². The van der Waals surface area contributed by atoms with E-state index in [1.807, 2.05) is 50.2 Å². The monoisotopic (exact) mass is 886 g/mol. The number of nitrogens with one attached hydrogen (secondary N) is 2. The number of nitrogens with zero attached hydrogens (tertiary/aromatic N) is 2. The van der Waals surface area contributed by atoms with Crippen LogP contribution in [0.1, 0.15) is 57.3 Å². The Bertz CT molecular complexity index is 2410. The van der Waals surface area contributed by atoms with Gasteiger partial charge in [-0.3, -0.25) is 14.6 Å². The van der Waals surface area contributed by atoms with Gasteiger partial charge in [0, 0.05) is 71.9 Å². The van der Waals surface area contributed by atoms with Gasteiger partial charge < -0.3 is 50.0 Å². The van der Waals surface area contributed by atoms with Crippen molar-refractivity contribution in [1.82, 2.24) is 15.6 Å². The van der Waals surface area contributed by atoms with E-state index in [2.05, 4.69) is 21.7 Å². The van der Waals surface area contributed by atoms with Gasteiger partial charge >= 0.3 is 11.9 Å². The lowest BCUT2D eigenvalue weighted by Crippen LogP contribution is -2.28. The molecule has 0 fully saturated rings. The van der Waals surface area contributed by atoms with Crippen molar-refractivity contribution in [3.8, 4) is 40.2 Å². The van der Waals surface area contributed by atoms with Crippen LogP contribution >= 0.6 is 23.2 Å². The third kappa shape index (κ3) is 13.3. The standard InChI is InChI=1S/C46H48Cl2N4O10/c1-27-31(25-62-44-16-43(60-24-30-10-29(17-49)18-50-19-30)33(12-40(44)48)21-52-23-36(54)15-46(57)58)6-4-7-37(27)38-8-5-9-41(28(38)2)61-26-34-13-42(59-3)32(11-39(34)47)20-51-22-35(53)14-45(55)56/h4-13,16,18-19,35-36,51-54H,14-15,20-26H2,1-3H3,(H,55,56)(H,57,58). The number of hydrogen-bond acceptors (Lipinski definition) is 12. The average molecular weight is 888 g/mol. The summed E-state index contributed by atoms with van der Waals surface area (Å²) in [5.41, 5.74) is 7.91. The van der Waals surface area contributed by atoms with Crippen LogP contribution in [0.3, 0.4) is 0 Å². The first-order valence-electron chi connectivity index (χ1n) is 19.6. The van der Waals surface area contributed by atoms with Crippen LogP contribution in [0.5, 0.6) is 23.0 Å². The summed E-state index contributed by atoms with van der Waals surface area (Å²) < 4.78 is 24.4. The van der Waals surface area contributed by atoms with Gasteiger partial charge in [-0.2, -0.15) is 5.26 Å². The Hall–Kier alpha value is -5.92. The molecule has 0 amide bonds.